The van der Waals surface area contributed by atoms with E-state index >= 15 is 0 Å². The molecule has 3 aromatic rings. The number of carbonyl (C=O) groups is 2. The molecule has 1 saturated carbocycles. The Labute approximate surface area is 186 Å². The van der Waals surface area contributed by atoms with Gasteiger partial charge in [-0.25, -0.2) is 4.79 Å². The standard InChI is InChI=1S/C26H25NO5/c1-4-31-25(29)26(15-16-26)21-11-9-19(10-12-21)18-5-7-20(8-6-18)24-22(17(2)27-32-24)13-14-23(28)30-3/h5-14H,4,15-16H2,1-3H3/b14-13+. The number of aromatic nitrogens is 1. The lowest BCUT2D eigenvalue weighted by atomic mass is 9.93. The smallest absolute Gasteiger partial charge is 0.330 e. The molecule has 0 N–H and O–H groups in total. The van der Waals surface area contributed by atoms with E-state index in [9.17, 15) is 9.59 Å². The summed E-state index contributed by atoms with van der Waals surface area (Å²) in [4.78, 5) is 23.8. The summed E-state index contributed by atoms with van der Waals surface area (Å²) in [6.45, 7) is 4.05. The van der Waals surface area contributed by atoms with E-state index in [0.29, 0.717) is 18.1 Å². The van der Waals surface area contributed by atoms with Crippen LogP contribution in [0.2, 0.25) is 0 Å². The molecule has 0 amide bonds. The molecule has 0 aliphatic heterocycles. The second-order valence-electron chi connectivity index (χ2n) is 7.82. The van der Waals surface area contributed by atoms with E-state index in [1.165, 1.54) is 13.2 Å². The Morgan fingerprint density at radius 1 is 1.03 bits per heavy atom. The van der Waals surface area contributed by atoms with Crippen molar-refractivity contribution in [3.63, 3.8) is 0 Å². The number of aryl methyl sites for hydroxylation is 1. The second-order valence-corrected chi connectivity index (χ2v) is 7.82. The van der Waals surface area contributed by atoms with Gasteiger partial charge in [0.25, 0.3) is 0 Å². The van der Waals surface area contributed by atoms with E-state index in [2.05, 4.69) is 9.89 Å². The zero-order valence-electron chi connectivity index (χ0n) is 18.4. The van der Waals surface area contributed by atoms with Crippen LogP contribution in [0.3, 0.4) is 0 Å². The fourth-order valence-corrected chi connectivity index (χ4v) is 3.80. The average Bonchev–Trinajstić information content (AvgIpc) is 3.56. The third-order valence-electron chi connectivity index (χ3n) is 5.83. The molecule has 6 heteroatoms. The molecule has 32 heavy (non-hydrogen) atoms. The Morgan fingerprint density at radius 3 is 2.19 bits per heavy atom. The maximum atomic E-state index is 12.3. The highest BCUT2D eigenvalue weighted by Gasteiger charge is 2.52. The molecule has 0 radical (unpaired) electrons. The van der Waals surface area contributed by atoms with Crippen molar-refractivity contribution < 1.29 is 23.6 Å². The zero-order valence-corrected chi connectivity index (χ0v) is 18.4. The van der Waals surface area contributed by atoms with Gasteiger partial charge in [-0.3, -0.25) is 4.79 Å². The maximum Gasteiger partial charge on any atom is 0.330 e. The predicted molar refractivity (Wildman–Crippen MR) is 121 cm³/mol. The summed E-state index contributed by atoms with van der Waals surface area (Å²) in [5.41, 5.74) is 4.93. The number of carbonyl (C=O) groups excluding carboxylic acids is 2. The van der Waals surface area contributed by atoms with Gasteiger partial charge in [0.15, 0.2) is 5.76 Å². The van der Waals surface area contributed by atoms with Gasteiger partial charge in [-0.05, 0) is 49.5 Å². The van der Waals surface area contributed by atoms with E-state index in [4.69, 9.17) is 9.26 Å². The van der Waals surface area contributed by atoms with Crippen molar-refractivity contribution in [1.29, 1.82) is 0 Å². The molecule has 164 valence electrons. The number of hydrogen-bond acceptors (Lipinski definition) is 6. The summed E-state index contributed by atoms with van der Waals surface area (Å²) in [7, 11) is 1.33. The number of nitrogens with zero attached hydrogens (tertiary/aromatic N) is 1. The number of hydrogen-bond donors (Lipinski definition) is 0. The molecule has 1 aliphatic carbocycles. The topological polar surface area (TPSA) is 78.6 Å². The van der Waals surface area contributed by atoms with Crippen LogP contribution in [0.5, 0.6) is 0 Å². The molecular formula is C26H25NO5. The summed E-state index contributed by atoms with van der Waals surface area (Å²) in [5.74, 6) is 0.0254. The van der Waals surface area contributed by atoms with E-state index in [0.717, 1.165) is 40.7 Å². The molecule has 0 bridgehead atoms. The maximum absolute atomic E-state index is 12.3. The molecule has 0 atom stereocenters. The summed E-state index contributed by atoms with van der Waals surface area (Å²) < 4.78 is 15.4. The predicted octanol–water partition coefficient (Wildman–Crippen LogP) is 5.10. The van der Waals surface area contributed by atoms with Gasteiger partial charge in [-0.15, -0.1) is 0 Å². The molecule has 0 unspecified atom stereocenters. The highest BCUT2D eigenvalue weighted by Crippen LogP contribution is 2.49. The summed E-state index contributed by atoms with van der Waals surface area (Å²) in [5, 5.41) is 4.03. The molecule has 6 nitrogen and oxygen atoms in total. The van der Waals surface area contributed by atoms with Crippen molar-refractivity contribution in [1.82, 2.24) is 5.16 Å². The highest BCUT2D eigenvalue weighted by molar-refractivity contribution is 5.89. The average molecular weight is 431 g/mol. The first-order chi connectivity index (χ1) is 15.5. The van der Waals surface area contributed by atoms with Crippen LogP contribution in [0.15, 0.2) is 59.1 Å². The normalized spacial score (nSPS) is 14.3. The van der Waals surface area contributed by atoms with Crippen LogP contribution < -0.4 is 0 Å². The van der Waals surface area contributed by atoms with Gasteiger partial charge in [0, 0.05) is 17.2 Å². The van der Waals surface area contributed by atoms with Gasteiger partial charge in [0.1, 0.15) is 0 Å². The Kier molecular flexibility index (Phi) is 5.95. The lowest BCUT2D eigenvalue weighted by Gasteiger charge is -2.14. The summed E-state index contributed by atoms with van der Waals surface area (Å²) >= 11 is 0. The Bertz CT molecular complexity index is 1150. The van der Waals surface area contributed by atoms with Crippen LogP contribution in [-0.2, 0) is 24.5 Å². The minimum Gasteiger partial charge on any atom is -0.466 e. The van der Waals surface area contributed by atoms with Crippen LogP contribution in [0.1, 0.15) is 36.6 Å². The molecule has 0 spiro atoms. The third-order valence-corrected chi connectivity index (χ3v) is 5.83. The van der Waals surface area contributed by atoms with Crippen molar-refractivity contribution in [3.05, 3.63) is 71.4 Å². The fourth-order valence-electron chi connectivity index (χ4n) is 3.80. The summed E-state index contributed by atoms with van der Waals surface area (Å²) in [6.07, 6.45) is 4.67. The minimum atomic E-state index is -0.462. The van der Waals surface area contributed by atoms with Gasteiger partial charge >= 0.3 is 11.9 Å². The first-order valence-corrected chi connectivity index (χ1v) is 10.6. The molecule has 4 rings (SSSR count). The number of benzene rings is 2. The van der Waals surface area contributed by atoms with Gasteiger partial charge in [-0.2, -0.15) is 0 Å². The van der Waals surface area contributed by atoms with Crippen molar-refractivity contribution in [2.45, 2.75) is 32.1 Å². The lowest BCUT2D eigenvalue weighted by molar-refractivity contribution is -0.146. The number of esters is 2. The Morgan fingerprint density at radius 2 is 1.62 bits per heavy atom. The van der Waals surface area contributed by atoms with Crippen LogP contribution in [0.4, 0.5) is 0 Å². The van der Waals surface area contributed by atoms with E-state index < -0.39 is 11.4 Å². The van der Waals surface area contributed by atoms with E-state index in [-0.39, 0.29) is 5.97 Å². The Balaban J connectivity index is 1.55. The van der Waals surface area contributed by atoms with Crippen LogP contribution in [0, 0.1) is 6.92 Å². The SMILES string of the molecule is CCOC(=O)C1(c2ccc(-c3ccc(-c4onc(C)c4/C=C/C(=O)OC)cc3)cc2)CC1. The molecular weight excluding hydrogens is 406 g/mol. The fraction of sp³-hybridized carbons (Fsp3) is 0.269. The van der Waals surface area contributed by atoms with Gasteiger partial charge in [0.2, 0.25) is 0 Å². The first kappa shape index (κ1) is 21.6. The van der Waals surface area contributed by atoms with Gasteiger partial charge < -0.3 is 14.0 Å². The largest absolute Gasteiger partial charge is 0.466 e. The molecule has 1 aromatic heterocycles. The lowest BCUT2D eigenvalue weighted by Crippen LogP contribution is -2.23. The first-order valence-electron chi connectivity index (χ1n) is 10.6. The van der Waals surface area contributed by atoms with Crippen molar-refractivity contribution >= 4 is 18.0 Å². The Hall–Kier alpha value is -3.67. The van der Waals surface area contributed by atoms with Crippen LogP contribution in [0.25, 0.3) is 28.5 Å². The van der Waals surface area contributed by atoms with Crippen molar-refractivity contribution in [3.8, 4) is 22.5 Å². The molecule has 2 aromatic carbocycles. The van der Waals surface area contributed by atoms with E-state index in [1.807, 2.05) is 62.4 Å². The molecule has 0 saturated heterocycles. The zero-order chi connectivity index (χ0) is 22.7. The second kappa shape index (κ2) is 8.83. The number of methoxy groups -OCH3 is 1. The van der Waals surface area contributed by atoms with Crippen LogP contribution in [-0.4, -0.2) is 30.8 Å². The molecule has 1 aliphatic rings. The van der Waals surface area contributed by atoms with E-state index in [1.54, 1.807) is 6.08 Å². The third kappa shape index (κ3) is 4.08. The van der Waals surface area contributed by atoms with Crippen molar-refractivity contribution in [2.24, 2.45) is 0 Å². The van der Waals surface area contributed by atoms with Gasteiger partial charge in [-0.1, -0.05) is 53.7 Å². The van der Waals surface area contributed by atoms with Gasteiger partial charge in [0.05, 0.1) is 24.8 Å². The molecule has 1 fully saturated rings. The summed E-state index contributed by atoms with van der Waals surface area (Å²) in [6, 6.07) is 16.0. The van der Waals surface area contributed by atoms with Crippen molar-refractivity contribution in [2.75, 3.05) is 13.7 Å². The molecule has 1 heterocycles. The minimum absolute atomic E-state index is 0.128. The quantitative estimate of drug-likeness (QED) is 0.383. The number of ether oxygens (including phenoxy) is 2. The van der Waals surface area contributed by atoms with Crippen LogP contribution >= 0.6 is 0 Å². The highest BCUT2D eigenvalue weighted by atomic mass is 16.5. The number of rotatable bonds is 7. The monoisotopic (exact) mass is 431 g/mol.